The van der Waals surface area contributed by atoms with Crippen LogP contribution in [0.2, 0.25) is 0 Å². The van der Waals surface area contributed by atoms with Gasteiger partial charge in [-0.15, -0.1) is 0 Å². The van der Waals surface area contributed by atoms with Gasteiger partial charge in [0.05, 0.1) is 12.5 Å². The van der Waals surface area contributed by atoms with Crippen molar-refractivity contribution in [3.05, 3.63) is 0 Å². The third-order valence-electron chi connectivity index (χ3n) is 3.49. The number of carboxylic acid groups (broad SMARTS) is 2. The first kappa shape index (κ1) is 24.3. The first-order valence-electron chi connectivity index (χ1n) is 8.12. The van der Waals surface area contributed by atoms with E-state index < -0.39 is 72.8 Å². The molecular formula is C15H26N4O8. The second kappa shape index (κ2) is 11.1. The van der Waals surface area contributed by atoms with E-state index in [1.54, 1.807) is 13.8 Å². The molecule has 0 rings (SSSR count). The highest BCUT2D eigenvalue weighted by molar-refractivity contribution is 5.95. The Bertz CT molecular complexity index is 578. The van der Waals surface area contributed by atoms with Gasteiger partial charge in [-0.3, -0.25) is 24.0 Å². The molecule has 0 saturated heterocycles. The summed E-state index contributed by atoms with van der Waals surface area (Å²) < 4.78 is 0. The van der Waals surface area contributed by atoms with Crippen molar-refractivity contribution in [3.8, 4) is 0 Å². The molecule has 3 amide bonds. The van der Waals surface area contributed by atoms with Gasteiger partial charge in [-0.05, 0) is 12.8 Å². The third-order valence-corrected chi connectivity index (χ3v) is 3.49. The van der Waals surface area contributed by atoms with Crippen molar-refractivity contribution in [2.75, 3.05) is 6.54 Å². The molecule has 0 fully saturated rings. The number of carbonyl (C=O) groups excluding carboxylic acids is 3. The van der Waals surface area contributed by atoms with Crippen LogP contribution in [0.3, 0.4) is 0 Å². The van der Waals surface area contributed by atoms with Gasteiger partial charge in [-0.1, -0.05) is 13.8 Å². The smallest absolute Gasteiger partial charge is 0.322 e. The van der Waals surface area contributed by atoms with Crippen LogP contribution in [0.25, 0.3) is 0 Å². The van der Waals surface area contributed by atoms with E-state index in [-0.39, 0.29) is 0 Å². The Hall–Kier alpha value is -2.73. The fourth-order valence-corrected chi connectivity index (χ4v) is 1.93. The second-order valence-electron chi connectivity index (χ2n) is 6.27. The lowest BCUT2D eigenvalue weighted by Gasteiger charge is -2.26. The zero-order valence-electron chi connectivity index (χ0n) is 15.3. The number of nitrogens with one attached hydrogen (secondary N) is 3. The number of nitrogens with two attached hydrogens (primary N) is 1. The topological polar surface area (TPSA) is 208 Å². The number of carbonyl (C=O) groups is 5. The summed E-state index contributed by atoms with van der Waals surface area (Å²) >= 11 is 0. The average molecular weight is 390 g/mol. The molecular weight excluding hydrogens is 364 g/mol. The van der Waals surface area contributed by atoms with Crippen molar-refractivity contribution >= 4 is 29.7 Å². The van der Waals surface area contributed by atoms with Crippen LogP contribution in [0.4, 0.5) is 0 Å². The third kappa shape index (κ3) is 8.96. The summed E-state index contributed by atoms with van der Waals surface area (Å²) in [4.78, 5) is 57.8. The van der Waals surface area contributed by atoms with Crippen LogP contribution in [0.15, 0.2) is 0 Å². The highest BCUT2D eigenvalue weighted by atomic mass is 16.4. The molecule has 0 aliphatic rings. The predicted molar refractivity (Wildman–Crippen MR) is 91.3 cm³/mol. The number of carboxylic acids is 2. The number of hydrogen-bond acceptors (Lipinski definition) is 7. The number of aliphatic carboxylic acids is 2. The van der Waals surface area contributed by atoms with Crippen LogP contribution in [-0.4, -0.2) is 75.8 Å². The summed E-state index contributed by atoms with van der Waals surface area (Å²) in [6.07, 6.45) is -1.95. The van der Waals surface area contributed by atoms with Gasteiger partial charge in [0.2, 0.25) is 17.7 Å². The maximum Gasteiger partial charge on any atom is 0.322 e. The van der Waals surface area contributed by atoms with Gasteiger partial charge in [0.15, 0.2) is 0 Å². The number of aliphatic hydroxyl groups excluding tert-OH is 1. The van der Waals surface area contributed by atoms with Crippen molar-refractivity contribution in [2.45, 2.75) is 51.4 Å². The van der Waals surface area contributed by atoms with E-state index in [9.17, 15) is 29.1 Å². The van der Waals surface area contributed by atoms with Crippen LogP contribution >= 0.6 is 0 Å². The average Bonchev–Trinajstić information content (AvgIpc) is 2.54. The molecule has 0 radical (unpaired) electrons. The summed E-state index contributed by atoms with van der Waals surface area (Å²) in [5.74, 6) is -5.85. The lowest BCUT2D eigenvalue weighted by molar-refractivity contribution is -0.142. The maximum atomic E-state index is 12.4. The molecule has 0 aromatic rings. The Morgan fingerprint density at radius 1 is 0.889 bits per heavy atom. The summed E-state index contributed by atoms with van der Waals surface area (Å²) in [5, 5.41) is 33.3. The zero-order valence-corrected chi connectivity index (χ0v) is 15.3. The largest absolute Gasteiger partial charge is 0.481 e. The SMILES string of the molecule is CC(C)C(NC(=O)C(N)C(C)O)C(=O)NC(CC(=O)O)C(=O)NCC(=O)O. The van der Waals surface area contributed by atoms with Gasteiger partial charge >= 0.3 is 11.9 Å². The molecule has 0 spiro atoms. The van der Waals surface area contributed by atoms with Crippen LogP contribution < -0.4 is 21.7 Å². The molecule has 0 aromatic heterocycles. The Kier molecular flexibility index (Phi) is 9.96. The minimum atomic E-state index is -1.54. The standard InChI is InChI=1S/C15H26N4O8/c1-6(2)12(19-14(26)11(16)7(3)20)15(27)18-8(4-9(21)22)13(25)17-5-10(23)24/h6-8,11-12,20H,4-5,16H2,1-3H3,(H,17,25)(H,18,27)(H,19,26)(H,21,22)(H,23,24). The van der Waals surface area contributed by atoms with E-state index in [1.165, 1.54) is 6.92 Å². The maximum absolute atomic E-state index is 12.4. The lowest BCUT2D eigenvalue weighted by Crippen LogP contribution is -2.59. The van der Waals surface area contributed by atoms with Crippen LogP contribution in [0.5, 0.6) is 0 Å². The quantitative estimate of drug-likeness (QED) is 0.191. The van der Waals surface area contributed by atoms with Gasteiger partial charge in [0.25, 0.3) is 0 Å². The van der Waals surface area contributed by atoms with Crippen molar-refractivity contribution in [2.24, 2.45) is 11.7 Å². The minimum Gasteiger partial charge on any atom is -0.481 e. The summed E-state index contributed by atoms with van der Waals surface area (Å²) in [7, 11) is 0. The first-order chi connectivity index (χ1) is 12.4. The van der Waals surface area contributed by atoms with Gasteiger partial charge in [-0.25, -0.2) is 0 Å². The van der Waals surface area contributed by atoms with Crippen LogP contribution in [0, 0.1) is 5.92 Å². The molecule has 27 heavy (non-hydrogen) atoms. The number of rotatable bonds is 11. The molecule has 0 saturated carbocycles. The molecule has 12 nitrogen and oxygen atoms in total. The fraction of sp³-hybridized carbons (Fsp3) is 0.667. The van der Waals surface area contributed by atoms with Gasteiger partial charge < -0.3 is 37.0 Å². The molecule has 8 N–H and O–H groups in total. The second-order valence-corrected chi connectivity index (χ2v) is 6.27. The van der Waals surface area contributed by atoms with Gasteiger partial charge in [0.1, 0.15) is 24.7 Å². The monoisotopic (exact) mass is 390 g/mol. The van der Waals surface area contributed by atoms with Crippen molar-refractivity contribution in [1.29, 1.82) is 0 Å². The van der Waals surface area contributed by atoms with E-state index >= 15 is 0 Å². The molecule has 4 atom stereocenters. The normalized spacial score (nSPS) is 15.2. The van der Waals surface area contributed by atoms with Crippen molar-refractivity contribution < 1.29 is 39.3 Å². The molecule has 154 valence electrons. The fourth-order valence-electron chi connectivity index (χ4n) is 1.93. The molecule has 0 aliphatic carbocycles. The summed E-state index contributed by atoms with van der Waals surface area (Å²) in [6.45, 7) is 3.73. The zero-order chi connectivity index (χ0) is 21.3. The molecule has 0 aliphatic heterocycles. The van der Waals surface area contributed by atoms with Gasteiger partial charge in [0, 0.05) is 0 Å². The molecule has 12 heteroatoms. The first-order valence-corrected chi connectivity index (χ1v) is 8.12. The van der Waals surface area contributed by atoms with E-state index in [4.69, 9.17) is 15.9 Å². The Morgan fingerprint density at radius 2 is 1.44 bits per heavy atom. The van der Waals surface area contributed by atoms with Crippen LogP contribution in [0.1, 0.15) is 27.2 Å². The van der Waals surface area contributed by atoms with Crippen molar-refractivity contribution in [3.63, 3.8) is 0 Å². The molecule has 0 bridgehead atoms. The lowest BCUT2D eigenvalue weighted by atomic mass is 10.0. The van der Waals surface area contributed by atoms with Crippen LogP contribution in [-0.2, 0) is 24.0 Å². The van der Waals surface area contributed by atoms with E-state index in [0.29, 0.717) is 0 Å². The van der Waals surface area contributed by atoms with E-state index in [1.807, 2.05) is 5.32 Å². The summed E-state index contributed by atoms with van der Waals surface area (Å²) in [5.41, 5.74) is 5.50. The number of aliphatic hydroxyl groups is 1. The van der Waals surface area contributed by atoms with Gasteiger partial charge in [-0.2, -0.15) is 0 Å². The van der Waals surface area contributed by atoms with Crippen molar-refractivity contribution in [1.82, 2.24) is 16.0 Å². The number of amides is 3. The predicted octanol–water partition coefficient (Wildman–Crippen LogP) is -3.00. The van der Waals surface area contributed by atoms with E-state index in [0.717, 1.165) is 0 Å². The Morgan fingerprint density at radius 3 is 1.85 bits per heavy atom. The minimum absolute atomic E-state index is 0.456. The summed E-state index contributed by atoms with van der Waals surface area (Å²) in [6, 6.07) is -3.99. The molecule has 4 unspecified atom stereocenters. The molecule has 0 heterocycles. The Labute approximate surface area is 155 Å². The van der Waals surface area contributed by atoms with E-state index in [2.05, 4.69) is 10.6 Å². The number of hydrogen-bond donors (Lipinski definition) is 7. The highest BCUT2D eigenvalue weighted by Gasteiger charge is 2.31. The highest BCUT2D eigenvalue weighted by Crippen LogP contribution is 2.05. The molecule has 0 aromatic carbocycles. The Balaban J connectivity index is 5.21.